The zero-order valence-corrected chi connectivity index (χ0v) is 17.6. The van der Waals surface area contributed by atoms with Gasteiger partial charge in [-0.3, -0.25) is 9.69 Å². The van der Waals surface area contributed by atoms with Gasteiger partial charge in [0, 0.05) is 31.4 Å². The largest absolute Gasteiger partial charge is 0.416 e. The summed E-state index contributed by atoms with van der Waals surface area (Å²) in [6, 6.07) is 9.33. The molecule has 0 unspecified atom stereocenters. The van der Waals surface area contributed by atoms with E-state index in [1.807, 2.05) is 18.5 Å². The zero-order chi connectivity index (χ0) is 22.5. The van der Waals surface area contributed by atoms with Crippen molar-refractivity contribution in [3.05, 3.63) is 76.3 Å². The number of piperidine rings is 1. The lowest BCUT2D eigenvalue weighted by molar-refractivity contribution is -0.345. The highest BCUT2D eigenvalue weighted by molar-refractivity contribution is 6.00. The molecule has 2 atom stereocenters. The van der Waals surface area contributed by atoms with Gasteiger partial charge in [-0.1, -0.05) is 25.1 Å². The third kappa shape index (κ3) is 3.58. The van der Waals surface area contributed by atoms with Crippen molar-refractivity contribution in [2.24, 2.45) is 5.92 Å². The van der Waals surface area contributed by atoms with Gasteiger partial charge in [-0.25, -0.2) is 9.97 Å². The Morgan fingerprint density at radius 2 is 1.97 bits per heavy atom. The maximum Gasteiger partial charge on any atom is 0.416 e. The third-order valence-electron chi connectivity index (χ3n) is 6.61. The van der Waals surface area contributed by atoms with E-state index < -0.39 is 11.7 Å². The van der Waals surface area contributed by atoms with E-state index in [-0.39, 0.29) is 18.0 Å². The Hall–Kier alpha value is -3.13. The first kappa shape index (κ1) is 20.8. The Morgan fingerprint density at radius 3 is 2.78 bits per heavy atom. The lowest BCUT2D eigenvalue weighted by Gasteiger charge is -2.39. The predicted octanol–water partition coefficient (Wildman–Crippen LogP) is 4.40. The van der Waals surface area contributed by atoms with E-state index in [1.54, 1.807) is 24.4 Å². The molecule has 1 aromatic carbocycles. The fourth-order valence-corrected chi connectivity index (χ4v) is 4.89. The Balaban J connectivity index is 1.53. The van der Waals surface area contributed by atoms with Gasteiger partial charge in [-0.05, 0) is 36.6 Å². The van der Waals surface area contributed by atoms with Gasteiger partial charge < -0.3 is 4.57 Å². The van der Waals surface area contributed by atoms with Gasteiger partial charge in [0.2, 0.25) is 0 Å². The van der Waals surface area contributed by atoms with Gasteiger partial charge >= 0.3 is 6.18 Å². The van der Waals surface area contributed by atoms with Crippen LogP contribution in [0.15, 0.2) is 59.8 Å². The van der Waals surface area contributed by atoms with E-state index in [0.717, 1.165) is 35.6 Å². The summed E-state index contributed by atoms with van der Waals surface area (Å²) in [5, 5.41) is 1.53. The molecule has 2 N–H and O–H groups in total. The Bertz CT molecular complexity index is 1340. The lowest BCUT2D eigenvalue weighted by atomic mass is 9.92. The molecule has 0 spiro atoms. The summed E-state index contributed by atoms with van der Waals surface area (Å²) in [7, 11) is 0. The molecule has 166 valence electrons. The Labute approximate surface area is 182 Å². The van der Waals surface area contributed by atoms with Crippen LogP contribution in [0.3, 0.4) is 0 Å². The number of nitrogens with zero attached hydrogens (tertiary/aromatic N) is 2. The quantitative estimate of drug-likeness (QED) is 0.513. The highest BCUT2D eigenvalue weighted by atomic mass is 19.4. The molecule has 3 aromatic heterocycles. The molecule has 1 aliphatic rings. The average molecular weight is 441 g/mol. The lowest BCUT2D eigenvalue weighted by Crippen LogP contribution is -2.41. The molecule has 0 saturated carbocycles. The van der Waals surface area contributed by atoms with Gasteiger partial charge in [-0.15, -0.1) is 0 Å². The molecule has 1 fully saturated rings. The van der Waals surface area contributed by atoms with E-state index in [2.05, 4.69) is 26.4 Å². The summed E-state index contributed by atoms with van der Waals surface area (Å²) in [5.74, 6) is 0.313. The van der Waals surface area contributed by atoms with Crippen molar-refractivity contribution in [2.75, 3.05) is 13.1 Å². The van der Waals surface area contributed by atoms with Crippen LogP contribution in [0, 0.1) is 5.92 Å². The van der Waals surface area contributed by atoms with Crippen molar-refractivity contribution in [3.8, 4) is 0 Å². The van der Waals surface area contributed by atoms with Crippen LogP contribution >= 0.6 is 0 Å². The van der Waals surface area contributed by atoms with E-state index in [0.29, 0.717) is 23.4 Å². The molecule has 0 bridgehead atoms. The first-order valence-electron chi connectivity index (χ1n) is 10.7. The molecular formula is C24H24F3N4O+. The molecule has 4 heterocycles. The van der Waals surface area contributed by atoms with Crippen LogP contribution in [0.5, 0.6) is 0 Å². The summed E-state index contributed by atoms with van der Waals surface area (Å²) < 4.78 is 42.6. The van der Waals surface area contributed by atoms with Crippen LogP contribution in [-0.2, 0) is 12.7 Å². The van der Waals surface area contributed by atoms with E-state index in [9.17, 15) is 18.0 Å². The second-order valence-corrected chi connectivity index (χ2v) is 8.63. The molecule has 1 saturated heterocycles. The Morgan fingerprint density at radius 1 is 1.16 bits per heavy atom. The maximum absolute atomic E-state index is 13.5. The van der Waals surface area contributed by atoms with Crippen molar-refractivity contribution in [1.82, 2.24) is 14.5 Å². The van der Waals surface area contributed by atoms with E-state index in [1.165, 1.54) is 6.07 Å². The summed E-state index contributed by atoms with van der Waals surface area (Å²) in [6.45, 7) is 3.74. The van der Waals surface area contributed by atoms with Crippen LogP contribution in [0.25, 0.3) is 21.9 Å². The number of benzene rings is 1. The van der Waals surface area contributed by atoms with Crippen LogP contribution in [0.1, 0.15) is 30.5 Å². The number of alkyl halides is 3. The molecule has 5 rings (SSSR count). The number of aromatic amines is 2. The van der Waals surface area contributed by atoms with Gasteiger partial charge in [-0.2, -0.15) is 13.2 Å². The first-order chi connectivity index (χ1) is 15.3. The summed E-state index contributed by atoms with van der Waals surface area (Å²) >= 11 is 0. The van der Waals surface area contributed by atoms with Crippen molar-refractivity contribution in [1.29, 1.82) is 0 Å². The first-order valence-corrected chi connectivity index (χ1v) is 10.7. The van der Waals surface area contributed by atoms with Crippen molar-refractivity contribution in [2.45, 2.75) is 32.1 Å². The summed E-state index contributed by atoms with van der Waals surface area (Å²) in [6.07, 6.45) is 1.86. The molecule has 0 aliphatic carbocycles. The topological polar surface area (TPSA) is 55.2 Å². The van der Waals surface area contributed by atoms with Crippen LogP contribution in [0.2, 0.25) is 0 Å². The number of hydrogen-bond donors (Lipinski definition) is 1. The molecular weight excluding hydrogens is 417 g/mol. The molecule has 8 heteroatoms. The number of fused-ring (bicyclic) bond motifs is 3. The van der Waals surface area contributed by atoms with Crippen molar-refractivity contribution in [3.63, 3.8) is 0 Å². The second kappa shape index (κ2) is 7.78. The zero-order valence-electron chi connectivity index (χ0n) is 17.6. The number of aromatic nitrogens is 3. The van der Waals surface area contributed by atoms with Crippen molar-refractivity contribution >= 4 is 21.9 Å². The predicted molar refractivity (Wildman–Crippen MR) is 116 cm³/mol. The van der Waals surface area contributed by atoms with Gasteiger partial charge in [0.25, 0.3) is 5.65 Å². The smallest absolute Gasteiger partial charge is 0.342 e. The van der Waals surface area contributed by atoms with Gasteiger partial charge in [0.05, 0.1) is 28.0 Å². The molecule has 0 radical (unpaired) electrons. The van der Waals surface area contributed by atoms with Crippen LogP contribution in [0.4, 0.5) is 13.2 Å². The molecule has 4 aromatic rings. The number of hydrogen-bond acceptors (Lipinski definition) is 2. The minimum Gasteiger partial charge on any atom is -0.342 e. The minimum atomic E-state index is -4.37. The van der Waals surface area contributed by atoms with Crippen LogP contribution < -0.4 is 10.4 Å². The number of pyridine rings is 2. The number of rotatable bonds is 3. The highest BCUT2D eigenvalue weighted by Gasteiger charge is 2.34. The number of halogens is 3. The number of nitrogens with one attached hydrogen (secondary N) is 2. The molecule has 5 nitrogen and oxygen atoms in total. The van der Waals surface area contributed by atoms with E-state index >= 15 is 0 Å². The van der Waals surface area contributed by atoms with Crippen molar-refractivity contribution < 1.29 is 18.2 Å². The molecule has 32 heavy (non-hydrogen) atoms. The fraction of sp³-hybridized carbons (Fsp3) is 0.333. The normalized spacial score (nSPS) is 20.2. The highest BCUT2D eigenvalue weighted by Crippen LogP contribution is 2.35. The molecule has 0 amide bonds. The Kier molecular flexibility index (Phi) is 5.04. The van der Waals surface area contributed by atoms with Crippen LogP contribution in [-0.4, -0.2) is 27.5 Å². The molecule has 1 aliphatic heterocycles. The number of H-pyrrole nitrogens is 2. The standard InChI is InChI=1S/C24H23F3N4O/c1-15-7-10-30(13-16-4-2-3-5-19(16)24(25,26)27)14-20(15)31-11-8-21(32)18-12-29-23-17(22(18)31)6-9-28-23/h2-6,8-9,11-12,15,20H,7,10,13-14H2,1H3,(H,28,29)/p+1/t15-,20+/m1/s1. The summed E-state index contributed by atoms with van der Waals surface area (Å²) in [5.41, 5.74) is 1.34. The monoisotopic (exact) mass is 441 g/mol. The van der Waals surface area contributed by atoms with Gasteiger partial charge in [0.15, 0.2) is 5.43 Å². The maximum atomic E-state index is 13.5. The third-order valence-corrected chi connectivity index (χ3v) is 6.61. The second-order valence-electron chi connectivity index (χ2n) is 8.63. The fourth-order valence-electron chi connectivity index (χ4n) is 4.89. The average Bonchev–Trinajstić information content (AvgIpc) is 3.24. The van der Waals surface area contributed by atoms with E-state index in [4.69, 9.17) is 0 Å². The van der Waals surface area contributed by atoms with Gasteiger partial charge in [0.1, 0.15) is 6.20 Å². The SMILES string of the molecule is C[C@@H]1CCN(Cc2ccccc2C(F)(F)F)C[C@@H]1n1ccc(=O)c2c[nH+]c3[nH]ccc3c21. The number of likely N-dealkylation sites (tertiary alicyclic amines) is 1. The minimum absolute atomic E-state index is 0.0328. The summed E-state index contributed by atoms with van der Waals surface area (Å²) in [4.78, 5) is 20.9.